The quantitative estimate of drug-likeness (QED) is 0.635. The Morgan fingerprint density at radius 2 is 1.97 bits per heavy atom. The molecule has 30 heavy (non-hydrogen) atoms. The Kier molecular flexibility index (Phi) is 6.49. The molecule has 0 atom stereocenters. The van der Waals surface area contributed by atoms with Gasteiger partial charge in [0.25, 0.3) is 5.56 Å². The molecule has 0 bridgehead atoms. The largest absolute Gasteiger partial charge is 0.342 e. The molecule has 156 valence electrons. The number of hydrogen-bond acceptors (Lipinski definition) is 6. The zero-order valence-corrected chi connectivity index (χ0v) is 18.0. The lowest BCUT2D eigenvalue weighted by molar-refractivity contribution is -0.132. The number of carbonyl (C=O) groups is 2. The van der Waals surface area contributed by atoms with E-state index in [1.54, 1.807) is 6.20 Å². The number of thioether (sulfide) groups is 1. The molecule has 1 saturated heterocycles. The molecule has 3 aromatic rings. The Balaban J connectivity index is 1.22. The molecule has 1 N–H and O–H groups in total. The number of anilines is 1. The van der Waals surface area contributed by atoms with Crippen molar-refractivity contribution in [2.75, 3.05) is 24.2 Å². The summed E-state index contributed by atoms with van der Waals surface area (Å²) in [5, 5.41) is 4.77. The summed E-state index contributed by atoms with van der Waals surface area (Å²) in [5.74, 6) is 0.869. The summed E-state index contributed by atoms with van der Waals surface area (Å²) in [6.45, 7) is 1.18. The maximum atomic E-state index is 12.5. The zero-order chi connectivity index (χ0) is 20.9. The first kappa shape index (κ1) is 20.6. The molecule has 0 radical (unpaired) electrons. The second-order valence-corrected chi connectivity index (χ2v) is 9.00. The molecule has 1 aliphatic rings. The number of amides is 2. The van der Waals surface area contributed by atoms with Crippen LogP contribution < -0.4 is 10.9 Å². The number of hydrogen-bond donors (Lipinski definition) is 1. The van der Waals surface area contributed by atoms with E-state index >= 15 is 0 Å². The minimum absolute atomic E-state index is 0.0176. The van der Waals surface area contributed by atoms with Gasteiger partial charge in [0.2, 0.25) is 11.8 Å². The standard InChI is InChI=1S/C21H22N4O3S2/c26-18-12-17(23-21-25(18)10-11-30-21)13-29-14-19(27)24-8-6-15(7-9-24)20(28)22-16-4-2-1-3-5-16/h1-5,10-12,15H,6-9,13-14H2,(H,22,28). The minimum Gasteiger partial charge on any atom is -0.342 e. The number of piperidine rings is 1. The van der Waals surface area contributed by atoms with Crippen LogP contribution in [0.25, 0.3) is 4.96 Å². The fourth-order valence-corrected chi connectivity index (χ4v) is 5.01. The number of para-hydroxylation sites is 1. The van der Waals surface area contributed by atoms with Gasteiger partial charge < -0.3 is 10.2 Å². The number of nitrogens with zero attached hydrogens (tertiary/aromatic N) is 3. The summed E-state index contributed by atoms with van der Waals surface area (Å²) in [5.41, 5.74) is 1.39. The first-order valence-corrected chi connectivity index (χ1v) is 11.8. The molecule has 2 aromatic heterocycles. The van der Waals surface area contributed by atoms with Gasteiger partial charge in [0.15, 0.2) is 4.96 Å². The molecule has 0 aliphatic carbocycles. The molecule has 9 heteroatoms. The van der Waals surface area contributed by atoms with Gasteiger partial charge in [-0.15, -0.1) is 23.1 Å². The molecule has 1 aromatic carbocycles. The van der Waals surface area contributed by atoms with Crippen LogP contribution in [0.4, 0.5) is 5.69 Å². The lowest BCUT2D eigenvalue weighted by atomic mass is 9.96. The molecule has 0 saturated carbocycles. The van der Waals surface area contributed by atoms with E-state index in [1.807, 2.05) is 40.6 Å². The first-order chi connectivity index (χ1) is 14.6. The van der Waals surface area contributed by atoms with Crippen LogP contribution in [0.5, 0.6) is 0 Å². The predicted octanol–water partition coefficient (Wildman–Crippen LogP) is 2.87. The fraction of sp³-hybridized carbons (Fsp3) is 0.333. The van der Waals surface area contributed by atoms with Crippen molar-refractivity contribution in [1.29, 1.82) is 0 Å². The number of thiazole rings is 1. The number of fused-ring (bicyclic) bond motifs is 1. The Labute approximate surface area is 182 Å². The second kappa shape index (κ2) is 9.44. The maximum absolute atomic E-state index is 12.5. The molecular weight excluding hydrogens is 420 g/mol. The van der Waals surface area contributed by atoms with Crippen LogP contribution in [-0.4, -0.2) is 44.9 Å². The van der Waals surface area contributed by atoms with Gasteiger partial charge in [-0.05, 0) is 25.0 Å². The molecule has 0 unspecified atom stereocenters. The van der Waals surface area contributed by atoms with Crippen molar-refractivity contribution >= 4 is 45.6 Å². The molecule has 3 heterocycles. The lowest BCUT2D eigenvalue weighted by Crippen LogP contribution is -2.42. The Morgan fingerprint density at radius 1 is 1.20 bits per heavy atom. The predicted molar refractivity (Wildman–Crippen MR) is 120 cm³/mol. The lowest BCUT2D eigenvalue weighted by Gasteiger charge is -2.31. The molecule has 2 amide bonds. The number of carbonyl (C=O) groups excluding carboxylic acids is 2. The summed E-state index contributed by atoms with van der Waals surface area (Å²) in [4.78, 5) is 43.9. The van der Waals surface area contributed by atoms with E-state index in [2.05, 4.69) is 10.3 Å². The molecule has 7 nitrogen and oxygen atoms in total. The van der Waals surface area contributed by atoms with Crippen molar-refractivity contribution in [3.8, 4) is 0 Å². The van der Waals surface area contributed by atoms with Gasteiger partial charge in [-0.2, -0.15) is 0 Å². The zero-order valence-electron chi connectivity index (χ0n) is 16.3. The fourth-order valence-electron chi connectivity index (χ4n) is 3.45. The third-order valence-corrected chi connectivity index (χ3v) is 6.80. The van der Waals surface area contributed by atoms with E-state index in [0.717, 1.165) is 5.69 Å². The monoisotopic (exact) mass is 442 g/mol. The summed E-state index contributed by atoms with van der Waals surface area (Å²) < 4.78 is 1.52. The van der Waals surface area contributed by atoms with Crippen molar-refractivity contribution < 1.29 is 9.59 Å². The summed E-state index contributed by atoms with van der Waals surface area (Å²) in [7, 11) is 0. The minimum atomic E-state index is -0.0981. The van der Waals surface area contributed by atoms with E-state index in [4.69, 9.17) is 0 Å². The van der Waals surface area contributed by atoms with Crippen molar-refractivity contribution in [2.45, 2.75) is 18.6 Å². The average Bonchev–Trinajstić information content (AvgIpc) is 3.24. The highest BCUT2D eigenvalue weighted by atomic mass is 32.2. The summed E-state index contributed by atoms with van der Waals surface area (Å²) >= 11 is 2.88. The smallest absolute Gasteiger partial charge is 0.258 e. The first-order valence-electron chi connectivity index (χ1n) is 9.77. The van der Waals surface area contributed by atoms with Crippen molar-refractivity contribution in [3.63, 3.8) is 0 Å². The van der Waals surface area contributed by atoms with Crippen molar-refractivity contribution in [3.05, 3.63) is 64.0 Å². The highest BCUT2D eigenvalue weighted by Crippen LogP contribution is 2.21. The van der Waals surface area contributed by atoms with E-state index in [1.165, 1.54) is 33.6 Å². The third-order valence-electron chi connectivity index (χ3n) is 5.09. The number of aromatic nitrogens is 2. The average molecular weight is 443 g/mol. The van der Waals surface area contributed by atoms with Gasteiger partial charge >= 0.3 is 0 Å². The van der Waals surface area contributed by atoms with Crippen LogP contribution in [0.2, 0.25) is 0 Å². The summed E-state index contributed by atoms with van der Waals surface area (Å²) in [6.07, 6.45) is 3.05. The highest BCUT2D eigenvalue weighted by molar-refractivity contribution is 7.99. The van der Waals surface area contributed by atoms with Crippen LogP contribution in [-0.2, 0) is 15.3 Å². The number of likely N-dealkylation sites (tertiary alicyclic amines) is 1. The van der Waals surface area contributed by atoms with E-state index in [-0.39, 0.29) is 23.3 Å². The number of nitrogens with one attached hydrogen (secondary N) is 1. The van der Waals surface area contributed by atoms with Gasteiger partial charge in [0, 0.05) is 48.1 Å². The molecule has 0 spiro atoms. The van der Waals surface area contributed by atoms with Crippen molar-refractivity contribution in [1.82, 2.24) is 14.3 Å². The Bertz CT molecular complexity index is 1090. The molecule has 4 rings (SSSR count). The number of benzene rings is 1. The molecule has 1 fully saturated rings. The van der Waals surface area contributed by atoms with E-state index < -0.39 is 0 Å². The van der Waals surface area contributed by atoms with Gasteiger partial charge in [0.05, 0.1) is 11.4 Å². The van der Waals surface area contributed by atoms with Gasteiger partial charge in [0.1, 0.15) is 0 Å². The summed E-state index contributed by atoms with van der Waals surface area (Å²) in [6, 6.07) is 10.9. The topological polar surface area (TPSA) is 83.8 Å². The van der Waals surface area contributed by atoms with Crippen LogP contribution in [0.1, 0.15) is 18.5 Å². The van der Waals surface area contributed by atoms with Crippen LogP contribution in [0.3, 0.4) is 0 Å². The van der Waals surface area contributed by atoms with Crippen LogP contribution in [0, 0.1) is 5.92 Å². The van der Waals surface area contributed by atoms with Gasteiger partial charge in [-0.1, -0.05) is 18.2 Å². The van der Waals surface area contributed by atoms with Crippen LogP contribution >= 0.6 is 23.1 Å². The SMILES string of the molecule is O=C(Nc1ccccc1)C1CCN(C(=O)CSCc2cc(=O)n3ccsc3n2)CC1. The highest BCUT2D eigenvalue weighted by Gasteiger charge is 2.27. The Morgan fingerprint density at radius 3 is 2.73 bits per heavy atom. The van der Waals surface area contributed by atoms with Crippen molar-refractivity contribution in [2.24, 2.45) is 5.92 Å². The van der Waals surface area contributed by atoms with Crippen LogP contribution in [0.15, 0.2) is 52.8 Å². The molecule has 1 aliphatic heterocycles. The van der Waals surface area contributed by atoms with E-state index in [9.17, 15) is 14.4 Å². The molecular formula is C21H22N4O3S2. The van der Waals surface area contributed by atoms with E-state index in [0.29, 0.717) is 48.1 Å². The normalized spacial score (nSPS) is 14.7. The number of rotatable bonds is 6. The second-order valence-electron chi connectivity index (χ2n) is 7.14. The maximum Gasteiger partial charge on any atom is 0.258 e. The third kappa shape index (κ3) is 4.91. The van der Waals surface area contributed by atoms with Gasteiger partial charge in [-0.25, -0.2) is 4.98 Å². The van der Waals surface area contributed by atoms with Gasteiger partial charge in [-0.3, -0.25) is 18.8 Å². The Hall–Kier alpha value is -2.65.